The van der Waals surface area contributed by atoms with Crippen molar-refractivity contribution in [2.45, 2.75) is 12.7 Å². The monoisotopic (exact) mass is 390 g/mol. The van der Waals surface area contributed by atoms with Gasteiger partial charge in [0.25, 0.3) is 0 Å². The van der Waals surface area contributed by atoms with E-state index in [4.69, 9.17) is 4.74 Å². The first-order valence-electron chi connectivity index (χ1n) is 7.53. The van der Waals surface area contributed by atoms with Crippen molar-refractivity contribution in [1.82, 2.24) is 5.32 Å². The maximum absolute atomic E-state index is 13.1. The molecule has 2 rings (SSSR count). The van der Waals surface area contributed by atoms with Gasteiger partial charge in [-0.25, -0.2) is 13.6 Å². The number of urea groups is 1. The van der Waals surface area contributed by atoms with Crippen molar-refractivity contribution in [1.29, 1.82) is 0 Å². The zero-order valence-electron chi connectivity index (χ0n) is 14.0. The Balaban J connectivity index is 2.00. The number of methoxy groups -OCH3 is 1. The largest absolute Gasteiger partial charge is 0.493 e. The molecule has 10 heteroatoms. The minimum atomic E-state index is -4.54. The Morgan fingerprint density at radius 1 is 1.04 bits per heavy atom. The number of benzene rings is 2. The molecule has 0 aliphatic heterocycles. The molecule has 0 aromatic heterocycles. The standard InChI is InChI=1S/C17H15F5N2O3/c1-26-14-3-2-13(7-15(14)27-9-17(20,21)22)24-16(25)23-8-10-4-11(18)6-12(19)5-10/h2-7H,8-9H2,1H3,(H2,23,24,25). The molecule has 2 N–H and O–H groups in total. The predicted molar refractivity (Wildman–Crippen MR) is 86.8 cm³/mol. The number of alkyl halides is 3. The molecule has 0 spiro atoms. The molecule has 2 amide bonds. The molecule has 0 atom stereocenters. The molecule has 2 aromatic rings. The van der Waals surface area contributed by atoms with Gasteiger partial charge in [0.15, 0.2) is 18.1 Å². The summed E-state index contributed by atoms with van der Waals surface area (Å²) in [6, 6.07) is 5.95. The number of ether oxygens (including phenoxy) is 2. The van der Waals surface area contributed by atoms with Crippen molar-refractivity contribution < 1.29 is 36.2 Å². The summed E-state index contributed by atoms with van der Waals surface area (Å²) in [4.78, 5) is 11.9. The van der Waals surface area contributed by atoms with Gasteiger partial charge in [-0.05, 0) is 29.8 Å². The van der Waals surface area contributed by atoms with E-state index < -0.39 is 30.4 Å². The van der Waals surface area contributed by atoms with Gasteiger partial charge in [0.1, 0.15) is 11.6 Å². The van der Waals surface area contributed by atoms with Crippen LogP contribution in [-0.2, 0) is 6.54 Å². The highest BCUT2D eigenvalue weighted by Crippen LogP contribution is 2.31. The first-order valence-corrected chi connectivity index (χ1v) is 7.53. The fourth-order valence-electron chi connectivity index (χ4n) is 2.10. The van der Waals surface area contributed by atoms with Gasteiger partial charge in [-0.1, -0.05) is 0 Å². The van der Waals surface area contributed by atoms with Gasteiger partial charge in [0, 0.05) is 24.4 Å². The van der Waals surface area contributed by atoms with Gasteiger partial charge in [-0.3, -0.25) is 0 Å². The molecule has 2 aromatic carbocycles. The lowest BCUT2D eigenvalue weighted by Gasteiger charge is -2.14. The van der Waals surface area contributed by atoms with Gasteiger partial charge < -0.3 is 20.1 Å². The first kappa shape index (κ1) is 20.3. The number of rotatable bonds is 6. The van der Waals surface area contributed by atoms with Crippen LogP contribution in [-0.4, -0.2) is 25.9 Å². The second-order valence-corrected chi connectivity index (χ2v) is 5.35. The fourth-order valence-corrected chi connectivity index (χ4v) is 2.10. The van der Waals surface area contributed by atoms with E-state index in [0.717, 1.165) is 18.2 Å². The molecule has 5 nitrogen and oxygen atoms in total. The fraction of sp³-hybridized carbons (Fsp3) is 0.235. The van der Waals surface area contributed by atoms with Crippen molar-refractivity contribution in [3.05, 3.63) is 53.6 Å². The number of amides is 2. The maximum Gasteiger partial charge on any atom is 0.422 e. The Morgan fingerprint density at radius 2 is 1.70 bits per heavy atom. The third kappa shape index (κ3) is 6.65. The molecule has 0 bridgehead atoms. The van der Waals surface area contributed by atoms with Crippen molar-refractivity contribution >= 4 is 11.7 Å². The van der Waals surface area contributed by atoms with E-state index in [2.05, 4.69) is 15.4 Å². The third-order valence-electron chi connectivity index (χ3n) is 3.19. The quantitative estimate of drug-likeness (QED) is 0.726. The van der Waals surface area contributed by atoms with Gasteiger partial charge in [0.2, 0.25) is 0 Å². The first-order chi connectivity index (χ1) is 12.7. The molecule has 0 saturated heterocycles. The van der Waals surface area contributed by atoms with E-state index in [9.17, 15) is 26.7 Å². The van der Waals surface area contributed by atoms with Crippen LogP contribution in [0.4, 0.5) is 32.4 Å². The van der Waals surface area contributed by atoms with Crippen LogP contribution in [0, 0.1) is 11.6 Å². The zero-order chi connectivity index (χ0) is 20.0. The summed E-state index contributed by atoms with van der Waals surface area (Å²) in [5.41, 5.74) is 0.336. The SMILES string of the molecule is COc1ccc(NC(=O)NCc2cc(F)cc(F)c2)cc1OCC(F)(F)F. The highest BCUT2D eigenvalue weighted by atomic mass is 19.4. The molecule has 0 heterocycles. The Hall–Kier alpha value is -3.04. The molecule has 0 aliphatic carbocycles. The van der Waals surface area contributed by atoms with Gasteiger partial charge in [-0.15, -0.1) is 0 Å². The van der Waals surface area contributed by atoms with E-state index in [1.165, 1.54) is 19.2 Å². The van der Waals surface area contributed by atoms with Crippen molar-refractivity contribution in [2.24, 2.45) is 0 Å². The number of nitrogens with one attached hydrogen (secondary N) is 2. The molecular weight excluding hydrogens is 375 g/mol. The summed E-state index contributed by atoms with van der Waals surface area (Å²) >= 11 is 0. The van der Waals surface area contributed by atoms with Crippen LogP contribution in [0.2, 0.25) is 0 Å². The lowest BCUT2D eigenvalue weighted by molar-refractivity contribution is -0.153. The number of halogens is 5. The zero-order valence-corrected chi connectivity index (χ0v) is 14.0. The lowest BCUT2D eigenvalue weighted by atomic mass is 10.2. The Kier molecular flexibility index (Phi) is 6.43. The Bertz CT molecular complexity index is 791. The topological polar surface area (TPSA) is 59.6 Å². The van der Waals surface area contributed by atoms with E-state index in [1.807, 2.05) is 0 Å². The minimum Gasteiger partial charge on any atom is -0.493 e. The molecule has 146 valence electrons. The van der Waals surface area contributed by atoms with Crippen LogP contribution in [0.25, 0.3) is 0 Å². The van der Waals surface area contributed by atoms with Crippen LogP contribution in [0.3, 0.4) is 0 Å². The smallest absolute Gasteiger partial charge is 0.422 e. The average molecular weight is 390 g/mol. The molecule has 0 fully saturated rings. The maximum atomic E-state index is 13.1. The molecule has 27 heavy (non-hydrogen) atoms. The van der Waals surface area contributed by atoms with Crippen LogP contribution < -0.4 is 20.1 Å². The number of hydrogen-bond acceptors (Lipinski definition) is 3. The summed E-state index contributed by atoms with van der Waals surface area (Å²) in [6.45, 7) is -1.68. The molecule has 0 saturated carbocycles. The normalized spacial score (nSPS) is 11.0. The summed E-state index contributed by atoms with van der Waals surface area (Å²) < 4.78 is 72.7. The summed E-state index contributed by atoms with van der Waals surface area (Å²) in [5.74, 6) is -1.72. The highest BCUT2D eigenvalue weighted by Gasteiger charge is 2.29. The molecule has 0 radical (unpaired) electrons. The lowest BCUT2D eigenvalue weighted by Crippen LogP contribution is -2.28. The van der Waals surface area contributed by atoms with E-state index in [0.29, 0.717) is 6.07 Å². The van der Waals surface area contributed by atoms with Crippen LogP contribution in [0.5, 0.6) is 11.5 Å². The van der Waals surface area contributed by atoms with Crippen LogP contribution in [0.1, 0.15) is 5.56 Å². The molecule has 0 aliphatic rings. The second-order valence-electron chi connectivity index (χ2n) is 5.35. The predicted octanol–water partition coefficient (Wildman–Crippen LogP) is 4.24. The summed E-state index contributed by atoms with van der Waals surface area (Å²) in [5, 5.41) is 4.75. The van der Waals surface area contributed by atoms with Crippen molar-refractivity contribution in [3.63, 3.8) is 0 Å². The van der Waals surface area contributed by atoms with E-state index >= 15 is 0 Å². The third-order valence-corrected chi connectivity index (χ3v) is 3.19. The van der Waals surface area contributed by atoms with Crippen molar-refractivity contribution in [3.8, 4) is 11.5 Å². The molecular formula is C17H15F5N2O3. The number of hydrogen-bond donors (Lipinski definition) is 2. The van der Waals surface area contributed by atoms with Crippen LogP contribution in [0.15, 0.2) is 36.4 Å². The van der Waals surface area contributed by atoms with Crippen LogP contribution >= 0.6 is 0 Å². The minimum absolute atomic E-state index is 0.0560. The van der Waals surface area contributed by atoms with Gasteiger partial charge in [0.05, 0.1) is 7.11 Å². The highest BCUT2D eigenvalue weighted by molar-refractivity contribution is 5.89. The number of carbonyl (C=O) groups excluding carboxylic acids is 1. The van der Waals surface area contributed by atoms with E-state index in [1.54, 1.807) is 0 Å². The number of carbonyl (C=O) groups is 1. The second kappa shape index (κ2) is 8.56. The number of anilines is 1. The van der Waals surface area contributed by atoms with Crippen molar-refractivity contribution in [2.75, 3.05) is 19.0 Å². The summed E-state index contributed by atoms with van der Waals surface area (Å²) in [7, 11) is 1.26. The van der Waals surface area contributed by atoms with Gasteiger partial charge >= 0.3 is 12.2 Å². The Labute approximate surface area is 151 Å². The molecule has 0 unspecified atom stereocenters. The average Bonchev–Trinajstić information content (AvgIpc) is 2.57. The van der Waals surface area contributed by atoms with Gasteiger partial charge in [-0.2, -0.15) is 13.2 Å². The van der Waals surface area contributed by atoms with E-state index in [-0.39, 0.29) is 29.3 Å². The summed E-state index contributed by atoms with van der Waals surface area (Å²) in [6.07, 6.45) is -4.54. The Morgan fingerprint density at radius 3 is 2.30 bits per heavy atom.